The second-order valence-corrected chi connectivity index (χ2v) is 8.49. The van der Waals surface area contributed by atoms with Gasteiger partial charge in [-0.15, -0.1) is 10.2 Å². The predicted molar refractivity (Wildman–Crippen MR) is 135 cm³/mol. The van der Waals surface area contributed by atoms with Gasteiger partial charge in [0, 0.05) is 30.4 Å². The van der Waals surface area contributed by atoms with Gasteiger partial charge in [-0.2, -0.15) is 0 Å². The molecule has 0 saturated carbocycles. The summed E-state index contributed by atoms with van der Waals surface area (Å²) in [6.45, 7) is 7.03. The number of benzene rings is 1. The molecule has 0 atom stereocenters. The van der Waals surface area contributed by atoms with Crippen LogP contribution in [0.5, 0.6) is 5.75 Å². The van der Waals surface area contributed by atoms with Crippen molar-refractivity contribution in [3.8, 4) is 5.75 Å². The van der Waals surface area contributed by atoms with Crippen LogP contribution in [0, 0.1) is 6.92 Å². The van der Waals surface area contributed by atoms with Crippen molar-refractivity contribution in [2.45, 2.75) is 53.1 Å². The lowest BCUT2D eigenvalue weighted by Crippen LogP contribution is -2.15. The van der Waals surface area contributed by atoms with Crippen molar-refractivity contribution in [3.63, 3.8) is 0 Å². The van der Waals surface area contributed by atoms with Crippen LogP contribution < -0.4 is 10.1 Å². The first-order chi connectivity index (χ1) is 16.1. The number of hydrogen-bond donors (Lipinski definition) is 1. The quantitative estimate of drug-likeness (QED) is 0.184. The number of aromatic nitrogens is 3. The normalized spacial score (nSPS) is 12.1. The largest absolute Gasteiger partial charge is 0.485 e. The number of ether oxygens (including phenoxy) is 1. The van der Waals surface area contributed by atoms with Crippen molar-refractivity contribution in [1.29, 1.82) is 0 Å². The number of hydrogen-bond acceptors (Lipinski definition) is 6. The molecule has 174 valence electrons. The SMILES string of the molecule is C/C=C(/CCc1nnc(C)o1)CN=C(CCC)Nc1ncc(Br)cc1OCc1ccccc1. The van der Waals surface area contributed by atoms with E-state index in [4.69, 9.17) is 14.1 Å². The van der Waals surface area contributed by atoms with Crippen molar-refractivity contribution in [2.75, 3.05) is 11.9 Å². The zero-order valence-electron chi connectivity index (χ0n) is 19.3. The van der Waals surface area contributed by atoms with Crippen LogP contribution >= 0.6 is 15.9 Å². The average Bonchev–Trinajstić information content (AvgIpc) is 3.25. The van der Waals surface area contributed by atoms with Gasteiger partial charge in [-0.1, -0.05) is 48.9 Å². The van der Waals surface area contributed by atoms with E-state index in [2.05, 4.69) is 49.4 Å². The summed E-state index contributed by atoms with van der Waals surface area (Å²) in [4.78, 5) is 9.37. The van der Waals surface area contributed by atoms with Crippen molar-refractivity contribution in [2.24, 2.45) is 4.99 Å². The maximum Gasteiger partial charge on any atom is 0.216 e. The first-order valence-electron chi connectivity index (χ1n) is 11.1. The fraction of sp³-hybridized carbons (Fsp3) is 0.360. The van der Waals surface area contributed by atoms with Crippen molar-refractivity contribution in [1.82, 2.24) is 15.2 Å². The predicted octanol–water partition coefficient (Wildman–Crippen LogP) is 6.30. The Kier molecular flexibility index (Phi) is 9.62. The maximum atomic E-state index is 6.07. The third-order valence-electron chi connectivity index (χ3n) is 4.92. The van der Waals surface area contributed by atoms with Gasteiger partial charge in [-0.3, -0.25) is 4.99 Å². The highest BCUT2D eigenvalue weighted by atomic mass is 79.9. The lowest BCUT2D eigenvalue weighted by molar-refractivity contribution is 0.306. The van der Waals surface area contributed by atoms with E-state index in [1.165, 1.54) is 5.57 Å². The van der Waals surface area contributed by atoms with E-state index in [0.717, 1.165) is 35.1 Å². The molecule has 0 spiro atoms. The topological polar surface area (TPSA) is 85.4 Å². The molecule has 0 unspecified atom stereocenters. The summed E-state index contributed by atoms with van der Waals surface area (Å²) in [5.41, 5.74) is 2.31. The van der Waals surface area contributed by atoms with E-state index in [9.17, 15) is 0 Å². The maximum absolute atomic E-state index is 6.07. The van der Waals surface area contributed by atoms with Crippen LogP contribution in [-0.4, -0.2) is 27.6 Å². The molecule has 0 amide bonds. The third kappa shape index (κ3) is 8.13. The Labute approximate surface area is 203 Å². The first-order valence-corrected chi connectivity index (χ1v) is 11.9. The number of anilines is 1. The second-order valence-electron chi connectivity index (χ2n) is 7.57. The fourth-order valence-electron chi connectivity index (χ4n) is 3.13. The summed E-state index contributed by atoms with van der Waals surface area (Å²) >= 11 is 3.49. The van der Waals surface area contributed by atoms with E-state index in [1.54, 1.807) is 13.1 Å². The molecule has 33 heavy (non-hydrogen) atoms. The van der Waals surface area contributed by atoms with Crippen LogP contribution in [0.1, 0.15) is 50.5 Å². The molecule has 7 nitrogen and oxygen atoms in total. The van der Waals surface area contributed by atoms with E-state index in [0.29, 0.717) is 42.9 Å². The Bertz CT molecular complexity index is 1080. The molecule has 0 fully saturated rings. The Morgan fingerprint density at radius 1 is 1.21 bits per heavy atom. The van der Waals surface area contributed by atoms with Crippen LogP contribution in [0.3, 0.4) is 0 Å². The number of amidine groups is 1. The van der Waals surface area contributed by atoms with Gasteiger partial charge in [0.15, 0.2) is 11.6 Å². The molecule has 3 rings (SSSR count). The molecule has 2 heterocycles. The van der Waals surface area contributed by atoms with Crippen molar-refractivity contribution in [3.05, 3.63) is 76.1 Å². The molecule has 1 aromatic carbocycles. The number of halogens is 1. The summed E-state index contributed by atoms with van der Waals surface area (Å²) in [6, 6.07) is 12.0. The van der Waals surface area contributed by atoms with Gasteiger partial charge in [0.2, 0.25) is 11.8 Å². The van der Waals surface area contributed by atoms with Gasteiger partial charge in [-0.25, -0.2) is 4.98 Å². The Morgan fingerprint density at radius 2 is 2.03 bits per heavy atom. The lowest BCUT2D eigenvalue weighted by Gasteiger charge is -2.15. The minimum Gasteiger partial charge on any atom is -0.485 e. The monoisotopic (exact) mass is 511 g/mol. The number of nitrogens with one attached hydrogen (secondary N) is 1. The zero-order chi connectivity index (χ0) is 23.5. The Morgan fingerprint density at radius 3 is 2.73 bits per heavy atom. The summed E-state index contributed by atoms with van der Waals surface area (Å²) in [7, 11) is 0. The van der Waals surface area contributed by atoms with E-state index in [-0.39, 0.29) is 0 Å². The van der Waals surface area contributed by atoms with E-state index in [1.807, 2.05) is 43.3 Å². The van der Waals surface area contributed by atoms with Gasteiger partial charge < -0.3 is 14.5 Å². The van der Waals surface area contributed by atoms with Crippen LogP contribution in [-0.2, 0) is 13.0 Å². The van der Waals surface area contributed by atoms with Crippen LogP contribution in [0.15, 0.2) is 68.1 Å². The standard InChI is InChI=1S/C25H30BrN5O2/c1-4-9-23(27-15-19(5-2)12-13-24-31-30-18(3)33-24)29-25-22(14-21(26)16-28-25)32-17-20-10-7-6-8-11-20/h5-8,10-11,14,16H,4,9,12-13,15,17H2,1-3H3,(H,27,28,29)/b19-5-. The Hall–Kier alpha value is -3.00. The highest BCUT2D eigenvalue weighted by molar-refractivity contribution is 9.10. The summed E-state index contributed by atoms with van der Waals surface area (Å²) < 4.78 is 12.4. The minimum absolute atomic E-state index is 0.464. The number of aliphatic imine (C=N–C) groups is 1. The van der Waals surface area contributed by atoms with Gasteiger partial charge in [0.05, 0.1) is 6.54 Å². The number of nitrogens with zero attached hydrogens (tertiary/aromatic N) is 4. The van der Waals surface area contributed by atoms with Gasteiger partial charge >= 0.3 is 0 Å². The van der Waals surface area contributed by atoms with Crippen LogP contribution in [0.2, 0.25) is 0 Å². The van der Waals surface area contributed by atoms with Crippen LogP contribution in [0.4, 0.5) is 5.82 Å². The molecule has 3 aromatic rings. The van der Waals surface area contributed by atoms with Gasteiger partial charge in [0.25, 0.3) is 0 Å². The molecular formula is C25H30BrN5O2. The van der Waals surface area contributed by atoms with E-state index < -0.39 is 0 Å². The molecule has 0 saturated heterocycles. The van der Waals surface area contributed by atoms with Crippen molar-refractivity contribution < 1.29 is 9.15 Å². The number of pyridine rings is 1. The van der Waals surface area contributed by atoms with Gasteiger partial charge in [-0.05, 0) is 47.3 Å². The molecule has 0 radical (unpaired) electrons. The number of aryl methyl sites for hydroxylation is 2. The number of rotatable bonds is 11. The van der Waals surface area contributed by atoms with Gasteiger partial charge in [0.1, 0.15) is 12.4 Å². The summed E-state index contributed by atoms with van der Waals surface area (Å²) in [6.07, 6.45) is 7.17. The average molecular weight is 512 g/mol. The zero-order valence-corrected chi connectivity index (χ0v) is 20.9. The lowest BCUT2D eigenvalue weighted by atomic mass is 10.1. The molecule has 0 aliphatic rings. The highest BCUT2D eigenvalue weighted by Gasteiger charge is 2.11. The smallest absolute Gasteiger partial charge is 0.216 e. The molecular weight excluding hydrogens is 482 g/mol. The molecule has 0 aliphatic carbocycles. The third-order valence-corrected chi connectivity index (χ3v) is 5.35. The highest BCUT2D eigenvalue weighted by Crippen LogP contribution is 2.27. The van der Waals surface area contributed by atoms with Crippen LogP contribution in [0.25, 0.3) is 0 Å². The first kappa shape index (κ1) is 24.6. The fourth-order valence-corrected chi connectivity index (χ4v) is 3.44. The summed E-state index contributed by atoms with van der Waals surface area (Å²) in [5, 5.41) is 11.4. The molecule has 0 bridgehead atoms. The molecule has 1 N–H and O–H groups in total. The minimum atomic E-state index is 0.464. The Balaban J connectivity index is 1.66. The van der Waals surface area contributed by atoms with Crippen molar-refractivity contribution >= 4 is 27.6 Å². The number of allylic oxidation sites excluding steroid dienone is 1. The molecule has 0 aliphatic heterocycles. The molecule has 2 aromatic heterocycles. The second kappa shape index (κ2) is 12.9. The van der Waals surface area contributed by atoms with E-state index >= 15 is 0 Å². The molecule has 8 heteroatoms. The summed E-state index contributed by atoms with van der Waals surface area (Å²) in [5.74, 6) is 3.46.